The van der Waals surface area contributed by atoms with Gasteiger partial charge in [0.15, 0.2) is 4.34 Å². The number of para-hydroxylation sites is 1. The number of amides is 1. The zero-order valence-corrected chi connectivity index (χ0v) is 16.7. The van der Waals surface area contributed by atoms with Gasteiger partial charge in [-0.2, -0.15) is 5.10 Å². The SMILES string of the molecule is CCCCOc1ccc(C=NNC(=O)CSc2nc3ccccc3s2)cc1. The predicted octanol–water partition coefficient (Wildman–Crippen LogP) is 4.72. The van der Waals surface area contributed by atoms with Gasteiger partial charge in [0, 0.05) is 0 Å². The normalized spacial score (nSPS) is 11.1. The first-order valence-corrected chi connectivity index (χ1v) is 10.6. The van der Waals surface area contributed by atoms with Crippen LogP contribution in [0.2, 0.25) is 0 Å². The van der Waals surface area contributed by atoms with E-state index in [0.29, 0.717) is 0 Å². The lowest BCUT2D eigenvalue weighted by atomic mass is 10.2. The smallest absolute Gasteiger partial charge is 0.250 e. The van der Waals surface area contributed by atoms with E-state index in [9.17, 15) is 4.79 Å². The third kappa shape index (κ3) is 6.08. The second kappa shape index (κ2) is 10.1. The van der Waals surface area contributed by atoms with Gasteiger partial charge in [-0.1, -0.05) is 37.2 Å². The fraction of sp³-hybridized carbons (Fsp3) is 0.250. The Morgan fingerprint density at radius 2 is 2.07 bits per heavy atom. The molecule has 3 rings (SSSR count). The monoisotopic (exact) mass is 399 g/mol. The summed E-state index contributed by atoms with van der Waals surface area (Å²) < 4.78 is 7.63. The van der Waals surface area contributed by atoms with Crippen LogP contribution in [0.1, 0.15) is 25.3 Å². The van der Waals surface area contributed by atoms with Crippen LogP contribution < -0.4 is 10.2 Å². The summed E-state index contributed by atoms with van der Waals surface area (Å²) in [6.45, 7) is 2.86. The third-order valence-corrected chi connectivity index (χ3v) is 5.83. The number of carbonyl (C=O) groups excluding carboxylic acids is 1. The Bertz CT molecular complexity index is 874. The number of hydrogen-bond acceptors (Lipinski definition) is 6. The average molecular weight is 400 g/mol. The van der Waals surface area contributed by atoms with Crippen LogP contribution in [0.3, 0.4) is 0 Å². The number of aromatic nitrogens is 1. The Balaban J connectivity index is 1.42. The van der Waals surface area contributed by atoms with Crippen molar-refractivity contribution < 1.29 is 9.53 Å². The van der Waals surface area contributed by atoms with Crippen molar-refractivity contribution in [2.75, 3.05) is 12.4 Å². The molecule has 1 heterocycles. The van der Waals surface area contributed by atoms with E-state index in [2.05, 4.69) is 22.4 Å². The van der Waals surface area contributed by atoms with E-state index in [1.807, 2.05) is 48.5 Å². The fourth-order valence-corrected chi connectivity index (χ4v) is 4.10. The van der Waals surface area contributed by atoms with Crippen molar-refractivity contribution in [1.82, 2.24) is 10.4 Å². The largest absolute Gasteiger partial charge is 0.494 e. The lowest BCUT2D eigenvalue weighted by Gasteiger charge is -2.04. The molecule has 5 nitrogen and oxygen atoms in total. The van der Waals surface area contributed by atoms with Crippen molar-refractivity contribution in [2.24, 2.45) is 5.10 Å². The molecule has 0 bridgehead atoms. The predicted molar refractivity (Wildman–Crippen MR) is 113 cm³/mol. The van der Waals surface area contributed by atoms with Gasteiger partial charge in [-0.05, 0) is 48.4 Å². The molecule has 0 atom stereocenters. The van der Waals surface area contributed by atoms with Gasteiger partial charge in [0.25, 0.3) is 5.91 Å². The molecule has 1 amide bonds. The second-order valence-electron chi connectivity index (χ2n) is 5.80. The van der Waals surface area contributed by atoms with Crippen LogP contribution in [0.5, 0.6) is 5.75 Å². The van der Waals surface area contributed by atoms with E-state index >= 15 is 0 Å². The van der Waals surface area contributed by atoms with Gasteiger partial charge in [0.2, 0.25) is 0 Å². The van der Waals surface area contributed by atoms with Gasteiger partial charge < -0.3 is 4.74 Å². The topological polar surface area (TPSA) is 63.6 Å². The van der Waals surface area contributed by atoms with Crippen LogP contribution >= 0.6 is 23.1 Å². The number of hydrogen-bond donors (Lipinski definition) is 1. The Morgan fingerprint density at radius 3 is 2.85 bits per heavy atom. The van der Waals surface area contributed by atoms with Gasteiger partial charge in [-0.25, -0.2) is 10.4 Å². The minimum absolute atomic E-state index is 0.157. The summed E-state index contributed by atoms with van der Waals surface area (Å²) in [4.78, 5) is 16.4. The number of fused-ring (bicyclic) bond motifs is 1. The molecule has 0 saturated carbocycles. The van der Waals surface area contributed by atoms with Crippen LogP contribution in [-0.2, 0) is 4.79 Å². The molecule has 0 spiro atoms. The summed E-state index contributed by atoms with van der Waals surface area (Å²) in [6.07, 6.45) is 3.78. The van der Waals surface area contributed by atoms with Crippen LogP contribution in [0.15, 0.2) is 58.0 Å². The summed E-state index contributed by atoms with van der Waals surface area (Å²) in [5.74, 6) is 0.966. The number of carbonyl (C=O) groups is 1. The highest BCUT2D eigenvalue weighted by Gasteiger charge is 2.06. The zero-order valence-electron chi connectivity index (χ0n) is 15.1. The first-order valence-electron chi connectivity index (χ1n) is 8.78. The highest BCUT2D eigenvalue weighted by Crippen LogP contribution is 2.28. The molecule has 0 aliphatic heterocycles. The zero-order chi connectivity index (χ0) is 18.9. The van der Waals surface area contributed by atoms with Crippen LogP contribution in [0.4, 0.5) is 0 Å². The number of thiazole rings is 1. The second-order valence-corrected chi connectivity index (χ2v) is 8.05. The maximum atomic E-state index is 11.9. The molecule has 0 aliphatic rings. The number of ether oxygens (including phenoxy) is 1. The van der Waals surface area contributed by atoms with Gasteiger partial charge in [0.1, 0.15) is 5.75 Å². The number of nitrogens with one attached hydrogen (secondary N) is 1. The van der Waals surface area contributed by atoms with E-state index < -0.39 is 0 Å². The number of benzene rings is 2. The van der Waals surface area contributed by atoms with Crippen LogP contribution in [0.25, 0.3) is 10.2 Å². The number of nitrogens with zero attached hydrogens (tertiary/aromatic N) is 2. The summed E-state index contributed by atoms with van der Waals surface area (Å²) in [5, 5.41) is 4.01. The Hall–Kier alpha value is -2.38. The number of thioether (sulfide) groups is 1. The molecule has 2 aromatic carbocycles. The standard InChI is InChI=1S/C20H21N3O2S2/c1-2-3-12-25-16-10-8-15(9-11-16)13-21-23-19(24)14-26-20-22-17-6-4-5-7-18(17)27-20/h4-11,13H,2-3,12,14H2,1H3,(H,23,24). The molecule has 27 heavy (non-hydrogen) atoms. The van der Waals surface area contributed by atoms with Crippen molar-refractivity contribution in [3.8, 4) is 5.75 Å². The van der Waals surface area contributed by atoms with Crippen LogP contribution in [-0.4, -0.2) is 29.5 Å². The summed E-state index contributed by atoms with van der Waals surface area (Å²) in [6, 6.07) is 15.6. The van der Waals surface area contributed by atoms with Gasteiger partial charge in [-0.3, -0.25) is 4.79 Å². The molecular formula is C20H21N3O2S2. The Labute approximate surface area is 166 Å². The lowest BCUT2D eigenvalue weighted by Crippen LogP contribution is -2.19. The summed E-state index contributed by atoms with van der Waals surface area (Å²) in [5.41, 5.74) is 4.41. The lowest BCUT2D eigenvalue weighted by molar-refractivity contribution is -0.118. The van der Waals surface area contributed by atoms with Crippen molar-refractivity contribution >= 4 is 45.4 Å². The molecule has 3 aromatic rings. The molecule has 0 fully saturated rings. The van der Waals surface area contributed by atoms with Crippen molar-refractivity contribution in [3.63, 3.8) is 0 Å². The maximum absolute atomic E-state index is 11.9. The van der Waals surface area contributed by atoms with Gasteiger partial charge in [-0.15, -0.1) is 11.3 Å². The molecule has 1 aromatic heterocycles. The summed E-state index contributed by atoms with van der Waals surface area (Å²) >= 11 is 3.01. The minimum atomic E-state index is -0.157. The molecular weight excluding hydrogens is 378 g/mol. The first kappa shape index (κ1) is 19.4. The van der Waals surface area contributed by atoms with Crippen LogP contribution in [0, 0.1) is 0 Å². The van der Waals surface area contributed by atoms with Crippen molar-refractivity contribution in [3.05, 3.63) is 54.1 Å². The van der Waals surface area contributed by atoms with Crippen molar-refractivity contribution in [2.45, 2.75) is 24.1 Å². The molecule has 0 saturated heterocycles. The van der Waals surface area contributed by atoms with E-state index in [0.717, 1.165) is 45.3 Å². The Morgan fingerprint density at radius 1 is 1.26 bits per heavy atom. The molecule has 0 unspecified atom stereocenters. The van der Waals surface area contributed by atoms with Crippen molar-refractivity contribution in [1.29, 1.82) is 0 Å². The van der Waals surface area contributed by atoms with E-state index in [4.69, 9.17) is 4.74 Å². The van der Waals surface area contributed by atoms with Gasteiger partial charge in [0.05, 0.1) is 28.8 Å². The molecule has 0 aliphatic carbocycles. The number of rotatable bonds is 9. The highest BCUT2D eigenvalue weighted by atomic mass is 32.2. The highest BCUT2D eigenvalue weighted by molar-refractivity contribution is 8.01. The quantitative estimate of drug-likeness (QED) is 0.245. The number of unbranched alkanes of at least 4 members (excludes halogenated alkanes) is 1. The molecule has 7 heteroatoms. The Kier molecular flexibility index (Phi) is 7.24. The molecule has 0 radical (unpaired) electrons. The van der Waals surface area contributed by atoms with E-state index in [1.165, 1.54) is 11.8 Å². The average Bonchev–Trinajstić information content (AvgIpc) is 3.11. The third-order valence-electron chi connectivity index (χ3n) is 3.65. The molecule has 140 valence electrons. The maximum Gasteiger partial charge on any atom is 0.250 e. The van der Waals surface area contributed by atoms with E-state index in [-0.39, 0.29) is 11.7 Å². The number of hydrazone groups is 1. The fourth-order valence-electron chi connectivity index (χ4n) is 2.24. The van der Waals surface area contributed by atoms with E-state index in [1.54, 1.807) is 17.6 Å². The summed E-state index contributed by atoms with van der Waals surface area (Å²) in [7, 11) is 0. The molecule has 1 N–H and O–H groups in total. The van der Waals surface area contributed by atoms with Gasteiger partial charge >= 0.3 is 0 Å². The first-order chi connectivity index (χ1) is 13.2. The minimum Gasteiger partial charge on any atom is -0.494 e.